The minimum absolute atomic E-state index is 0.0596. The molecule has 0 radical (unpaired) electrons. The largest absolute Gasteiger partial charge is 0.381 e. The molecule has 0 aromatic carbocycles. The first kappa shape index (κ1) is 26.6. The predicted molar refractivity (Wildman–Crippen MR) is 134 cm³/mol. The van der Waals surface area contributed by atoms with Crippen molar-refractivity contribution in [3.63, 3.8) is 0 Å². The lowest BCUT2D eigenvalue weighted by Crippen LogP contribution is -2.60. The van der Waals surface area contributed by atoms with Crippen molar-refractivity contribution in [2.45, 2.75) is 88.5 Å². The van der Waals surface area contributed by atoms with Crippen molar-refractivity contribution in [2.75, 3.05) is 40.4 Å². The number of methoxy groups -OCH3 is 2. The zero-order chi connectivity index (χ0) is 24.8. The normalized spacial score (nSPS) is 40.0. The molecular formula is C25H45FN6O3. The highest BCUT2D eigenvalue weighted by Gasteiger charge is 2.40. The molecule has 4 rings (SSSR count). The van der Waals surface area contributed by atoms with Gasteiger partial charge in [0.2, 0.25) is 5.91 Å². The highest BCUT2D eigenvalue weighted by Crippen LogP contribution is 2.32. The van der Waals surface area contributed by atoms with Crippen molar-refractivity contribution >= 4 is 11.9 Å². The van der Waals surface area contributed by atoms with Crippen LogP contribution in [0, 0.1) is 17.8 Å². The molecule has 4 aliphatic rings. The molecule has 0 bridgehead atoms. The quantitative estimate of drug-likeness (QED) is 0.318. The molecule has 200 valence electrons. The van der Waals surface area contributed by atoms with Gasteiger partial charge >= 0.3 is 0 Å². The summed E-state index contributed by atoms with van der Waals surface area (Å²) >= 11 is 0. The van der Waals surface area contributed by atoms with Crippen molar-refractivity contribution in [1.82, 2.24) is 26.6 Å². The zero-order valence-corrected chi connectivity index (χ0v) is 21.5. The third-order valence-corrected chi connectivity index (χ3v) is 8.43. The van der Waals surface area contributed by atoms with E-state index in [1.165, 1.54) is 0 Å². The first-order chi connectivity index (χ1) is 16.9. The van der Waals surface area contributed by atoms with Gasteiger partial charge in [-0.1, -0.05) is 0 Å². The minimum Gasteiger partial charge on any atom is -0.381 e. The molecular weight excluding hydrogens is 451 g/mol. The number of nitrogens with one attached hydrogen (secondary N) is 5. The molecule has 3 heterocycles. The van der Waals surface area contributed by atoms with E-state index in [-0.39, 0.29) is 36.2 Å². The van der Waals surface area contributed by atoms with Gasteiger partial charge in [0.05, 0.1) is 24.8 Å². The Balaban J connectivity index is 1.36. The van der Waals surface area contributed by atoms with E-state index in [4.69, 9.17) is 9.47 Å². The third-order valence-electron chi connectivity index (χ3n) is 8.43. The van der Waals surface area contributed by atoms with Crippen molar-refractivity contribution in [3.8, 4) is 0 Å². The van der Waals surface area contributed by atoms with Crippen LogP contribution < -0.4 is 26.6 Å². The van der Waals surface area contributed by atoms with E-state index in [1.54, 1.807) is 14.2 Å². The summed E-state index contributed by atoms with van der Waals surface area (Å²) in [6, 6.07) is -0.00806. The molecule has 0 spiro atoms. The zero-order valence-electron chi connectivity index (χ0n) is 21.5. The number of hydrogen-bond acceptors (Lipinski definition) is 8. The topological polar surface area (TPSA) is 108 Å². The maximum absolute atomic E-state index is 13.9. The van der Waals surface area contributed by atoms with Crippen molar-refractivity contribution in [3.05, 3.63) is 0 Å². The van der Waals surface area contributed by atoms with E-state index in [2.05, 4.69) is 38.5 Å². The maximum atomic E-state index is 13.9. The number of aliphatic imine (C=N–C) groups is 1. The summed E-state index contributed by atoms with van der Waals surface area (Å²) in [5.74, 6) is 1.89. The smallest absolute Gasteiger partial charge is 0.237 e. The summed E-state index contributed by atoms with van der Waals surface area (Å²) in [5.41, 5.74) is 0. The standard InChI is InChI=1S/C25H45FN6O3/c1-15-20(4-5-23(26)31-15)21-10-17(14-30-25-27-6-7-28-25)11-22(32-21)24(33)29-13-16-8-18(34-2)12-19(9-16)35-3/h15-23,31-32H,4-14H2,1-3H3,(H,29,33)(H2,27,28,30). The number of alkyl halides is 1. The van der Waals surface area contributed by atoms with Crippen LogP contribution >= 0.6 is 0 Å². The molecule has 1 aliphatic carbocycles. The summed E-state index contributed by atoms with van der Waals surface area (Å²) < 4.78 is 25.1. The van der Waals surface area contributed by atoms with E-state index >= 15 is 0 Å². The number of ether oxygens (including phenoxy) is 2. The first-order valence-corrected chi connectivity index (χ1v) is 13.5. The van der Waals surface area contributed by atoms with E-state index in [0.29, 0.717) is 30.7 Å². The van der Waals surface area contributed by atoms with Crippen LogP contribution in [0.2, 0.25) is 0 Å². The second kappa shape index (κ2) is 12.7. The molecule has 35 heavy (non-hydrogen) atoms. The van der Waals surface area contributed by atoms with Gasteiger partial charge in [0.1, 0.15) is 0 Å². The number of piperidine rings is 2. The molecule has 0 aromatic rings. The fourth-order valence-corrected chi connectivity index (χ4v) is 6.46. The third kappa shape index (κ3) is 7.27. The van der Waals surface area contributed by atoms with E-state index in [1.807, 2.05) is 0 Å². The Hall–Kier alpha value is -1.49. The number of carbonyl (C=O) groups is 1. The Morgan fingerprint density at radius 1 is 1.03 bits per heavy atom. The predicted octanol–water partition coefficient (Wildman–Crippen LogP) is 0.902. The molecule has 3 aliphatic heterocycles. The van der Waals surface area contributed by atoms with Gasteiger partial charge in [0.15, 0.2) is 12.3 Å². The van der Waals surface area contributed by atoms with Crippen molar-refractivity contribution < 1.29 is 18.7 Å². The van der Waals surface area contributed by atoms with Gasteiger partial charge in [-0.25, -0.2) is 4.39 Å². The molecule has 9 nitrogen and oxygen atoms in total. The molecule has 5 N–H and O–H groups in total. The first-order valence-electron chi connectivity index (χ1n) is 13.5. The number of nitrogens with zero attached hydrogens (tertiary/aromatic N) is 1. The van der Waals surface area contributed by atoms with Crippen LogP contribution in [0.25, 0.3) is 0 Å². The lowest BCUT2D eigenvalue weighted by Gasteiger charge is -2.44. The van der Waals surface area contributed by atoms with Crippen LogP contribution in [0.3, 0.4) is 0 Å². The number of hydrogen-bond donors (Lipinski definition) is 5. The lowest BCUT2D eigenvalue weighted by atomic mass is 9.76. The Kier molecular flexibility index (Phi) is 9.60. The summed E-state index contributed by atoms with van der Waals surface area (Å²) in [4.78, 5) is 17.8. The Morgan fingerprint density at radius 3 is 2.43 bits per heavy atom. The second-order valence-corrected chi connectivity index (χ2v) is 10.9. The summed E-state index contributed by atoms with van der Waals surface area (Å²) in [6.07, 6.45) is 5.29. The van der Waals surface area contributed by atoms with Crippen LogP contribution in [-0.2, 0) is 14.3 Å². The lowest BCUT2D eigenvalue weighted by molar-refractivity contribution is -0.125. The van der Waals surface area contributed by atoms with E-state index < -0.39 is 6.30 Å². The molecule has 0 aromatic heterocycles. The van der Waals surface area contributed by atoms with Crippen LogP contribution in [0.5, 0.6) is 0 Å². The number of halogens is 1. The summed E-state index contributed by atoms with van der Waals surface area (Å²) in [7, 11) is 3.50. The number of guanidine groups is 1. The number of amides is 1. The summed E-state index contributed by atoms with van der Waals surface area (Å²) in [6.45, 7) is 5.14. The maximum Gasteiger partial charge on any atom is 0.237 e. The summed E-state index contributed by atoms with van der Waals surface area (Å²) in [5, 5.41) is 16.7. The van der Waals surface area contributed by atoms with Crippen LogP contribution in [0.4, 0.5) is 4.39 Å². The molecule has 1 amide bonds. The Morgan fingerprint density at radius 2 is 1.77 bits per heavy atom. The monoisotopic (exact) mass is 496 g/mol. The van der Waals surface area contributed by atoms with Gasteiger partial charge in [-0.3, -0.25) is 15.1 Å². The Labute approximate surface area is 209 Å². The van der Waals surface area contributed by atoms with Gasteiger partial charge in [-0.15, -0.1) is 0 Å². The van der Waals surface area contributed by atoms with Crippen LogP contribution in [0.1, 0.15) is 51.9 Å². The Bertz CT molecular complexity index is 715. The van der Waals surface area contributed by atoms with Crippen LogP contribution in [0.15, 0.2) is 4.99 Å². The number of rotatable bonds is 8. The molecule has 3 fully saturated rings. The van der Waals surface area contributed by atoms with E-state index in [9.17, 15) is 9.18 Å². The molecule has 1 saturated carbocycles. The SMILES string of the molecule is COC1CC(CNC(=O)C2CC(CNC3=NCCN3)CC(C3CCC(F)NC3C)N2)CC(OC)C1. The molecule has 8 unspecified atom stereocenters. The highest BCUT2D eigenvalue weighted by atomic mass is 19.1. The minimum atomic E-state index is -0.935. The average Bonchev–Trinajstić information content (AvgIpc) is 3.39. The molecule has 10 heteroatoms. The van der Waals surface area contributed by atoms with E-state index in [0.717, 1.165) is 64.1 Å². The fraction of sp³-hybridized carbons (Fsp3) is 0.920. The molecule has 8 atom stereocenters. The van der Waals surface area contributed by atoms with Gasteiger partial charge in [-0.05, 0) is 69.6 Å². The average molecular weight is 497 g/mol. The van der Waals surface area contributed by atoms with Gasteiger partial charge in [0, 0.05) is 45.9 Å². The van der Waals surface area contributed by atoms with Gasteiger partial charge in [-0.2, -0.15) is 0 Å². The van der Waals surface area contributed by atoms with Gasteiger partial charge in [0.25, 0.3) is 0 Å². The second-order valence-electron chi connectivity index (χ2n) is 10.9. The van der Waals surface area contributed by atoms with Crippen molar-refractivity contribution in [2.24, 2.45) is 22.7 Å². The fourth-order valence-electron chi connectivity index (χ4n) is 6.46. The van der Waals surface area contributed by atoms with Crippen LogP contribution in [-0.4, -0.2) is 88.9 Å². The molecule has 2 saturated heterocycles. The number of carbonyl (C=O) groups excluding carboxylic acids is 1. The van der Waals surface area contributed by atoms with Crippen molar-refractivity contribution in [1.29, 1.82) is 0 Å². The van der Waals surface area contributed by atoms with Gasteiger partial charge < -0.3 is 30.7 Å². The highest BCUT2D eigenvalue weighted by molar-refractivity contribution is 5.82.